The Bertz CT molecular complexity index is 560. The highest BCUT2D eigenvalue weighted by atomic mass is 127. The van der Waals surface area contributed by atoms with Crippen molar-refractivity contribution in [3.8, 4) is 0 Å². The van der Waals surface area contributed by atoms with E-state index in [0.29, 0.717) is 12.7 Å². The van der Waals surface area contributed by atoms with Crippen LogP contribution in [0.4, 0.5) is 0 Å². The summed E-state index contributed by atoms with van der Waals surface area (Å²) in [5, 5.41) is 7.70. The maximum Gasteiger partial charge on any atom is 0.193 e. The van der Waals surface area contributed by atoms with Crippen LogP contribution >= 0.6 is 24.0 Å². The number of morpholine rings is 1. The molecule has 3 rings (SSSR count). The number of aryl methyl sites for hydroxylation is 1. The zero-order valence-electron chi connectivity index (χ0n) is 15.9. The van der Waals surface area contributed by atoms with Gasteiger partial charge in [-0.25, -0.2) is 0 Å². The molecule has 1 aliphatic carbocycles. The first-order valence-electron chi connectivity index (χ1n) is 9.43. The summed E-state index contributed by atoms with van der Waals surface area (Å²) in [4.78, 5) is 6.70. The van der Waals surface area contributed by atoms with Crippen LogP contribution in [0.3, 0.4) is 0 Å². The van der Waals surface area contributed by atoms with Crippen molar-refractivity contribution in [3.05, 3.63) is 18.0 Å². The summed E-state index contributed by atoms with van der Waals surface area (Å²) >= 11 is 0. The predicted octanol–water partition coefficient (Wildman–Crippen LogP) is 2.34. The third kappa shape index (κ3) is 6.09. The molecule has 1 aliphatic heterocycles. The number of halogens is 1. The first-order valence-corrected chi connectivity index (χ1v) is 9.43. The second-order valence-corrected chi connectivity index (χ2v) is 6.86. The minimum Gasteiger partial charge on any atom is -0.378 e. The van der Waals surface area contributed by atoms with Crippen LogP contribution in [0, 0.1) is 0 Å². The highest BCUT2D eigenvalue weighted by Crippen LogP contribution is 2.22. The summed E-state index contributed by atoms with van der Waals surface area (Å²) in [6.07, 6.45) is 10.6. The number of hydrogen-bond donors (Lipinski definition) is 1. The van der Waals surface area contributed by atoms with Crippen LogP contribution in [0.5, 0.6) is 0 Å². The van der Waals surface area contributed by atoms with Crippen LogP contribution in [-0.2, 0) is 16.5 Å². The van der Waals surface area contributed by atoms with E-state index in [4.69, 9.17) is 9.47 Å². The van der Waals surface area contributed by atoms with Crippen LogP contribution in [0.15, 0.2) is 17.4 Å². The van der Waals surface area contributed by atoms with Gasteiger partial charge in [0.25, 0.3) is 0 Å². The van der Waals surface area contributed by atoms with E-state index in [1.54, 1.807) is 0 Å². The molecule has 2 fully saturated rings. The van der Waals surface area contributed by atoms with E-state index in [2.05, 4.69) is 20.3 Å². The van der Waals surface area contributed by atoms with Gasteiger partial charge in [0.2, 0.25) is 0 Å². The Hall–Kier alpha value is -0.870. The van der Waals surface area contributed by atoms with Crippen LogP contribution in [0.2, 0.25) is 0 Å². The van der Waals surface area contributed by atoms with Crippen molar-refractivity contribution in [1.29, 1.82) is 0 Å². The Morgan fingerprint density at radius 3 is 2.92 bits per heavy atom. The Morgan fingerprint density at radius 2 is 2.23 bits per heavy atom. The van der Waals surface area contributed by atoms with E-state index in [1.807, 2.05) is 31.2 Å². The second-order valence-electron chi connectivity index (χ2n) is 6.86. The standard InChI is InChI=1S/C18H31N5O2.HI/c1-19-18(20-8-5-10-24-16-6-3-4-7-16)23-9-11-25-17(14-23)15-12-21-22(2)13-15;/h12-13,16-17H,3-11,14H2,1-2H3,(H,19,20);1H. The molecule has 1 aromatic rings. The average molecular weight is 477 g/mol. The molecule has 1 N–H and O–H groups in total. The van der Waals surface area contributed by atoms with E-state index >= 15 is 0 Å². The third-order valence-electron chi connectivity index (χ3n) is 4.93. The number of rotatable bonds is 6. The quantitative estimate of drug-likeness (QED) is 0.295. The van der Waals surface area contributed by atoms with Crippen LogP contribution < -0.4 is 5.32 Å². The molecule has 7 nitrogen and oxygen atoms in total. The SMILES string of the molecule is CN=C(NCCCOC1CCCC1)N1CCOC(c2cnn(C)c2)C1.I. The fourth-order valence-corrected chi connectivity index (χ4v) is 3.56. The van der Waals surface area contributed by atoms with Gasteiger partial charge in [0.1, 0.15) is 6.10 Å². The van der Waals surface area contributed by atoms with Gasteiger partial charge in [0.15, 0.2) is 5.96 Å². The molecule has 1 saturated heterocycles. The monoisotopic (exact) mass is 477 g/mol. The molecule has 1 atom stereocenters. The lowest BCUT2D eigenvalue weighted by molar-refractivity contribution is -0.00810. The highest BCUT2D eigenvalue weighted by Gasteiger charge is 2.25. The molecular formula is C18H32IN5O2. The lowest BCUT2D eigenvalue weighted by Crippen LogP contribution is -2.48. The molecule has 1 saturated carbocycles. The average Bonchev–Trinajstić information content (AvgIpc) is 3.30. The Morgan fingerprint density at radius 1 is 1.42 bits per heavy atom. The van der Waals surface area contributed by atoms with E-state index in [-0.39, 0.29) is 30.1 Å². The molecular weight excluding hydrogens is 445 g/mol. The Kier molecular flexibility index (Phi) is 9.13. The third-order valence-corrected chi connectivity index (χ3v) is 4.93. The lowest BCUT2D eigenvalue weighted by atomic mass is 10.1. The van der Waals surface area contributed by atoms with Gasteiger partial charge in [0.05, 0.1) is 25.5 Å². The minimum atomic E-state index is 0. The van der Waals surface area contributed by atoms with Gasteiger partial charge in [-0.2, -0.15) is 5.10 Å². The maximum atomic E-state index is 5.92. The number of nitrogens with zero attached hydrogens (tertiary/aromatic N) is 4. The van der Waals surface area contributed by atoms with Crippen molar-refractivity contribution in [2.24, 2.45) is 12.0 Å². The largest absolute Gasteiger partial charge is 0.378 e. The van der Waals surface area contributed by atoms with Gasteiger partial charge in [-0.1, -0.05) is 12.8 Å². The first-order chi connectivity index (χ1) is 12.3. The fourth-order valence-electron chi connectivity index (χ4n) is 3.56. The smallest absolute Gasteiger partial charge is 0.193 e. The Balaban J connectivity index is 0.00000243. The molecule has 26 heavy (non-hydrogen) atoms. The zero-order valence-corrected chi connectivity index (χ0v) is 18.2. The molecule has 0 aromatic carbocycles. The molecule has 0 amide bonds. The summed E-state index contributed by atoms with van der Waals surface area (Å²) in [6.45, 7) is 4.06. The molecule has 2 aliphatic rings. The van der Waals surface area contributed by atoms with E-state index in [1.165, 1.54) is 25.7 Å². The van der Waals surface area contributed by atoms with Crippen molar-refractivity contribution in [2.75, 3.05) is 39.9 Å². The summed E-state index contributed by atoms with van der Waals surface area (Å²) in [6, 6.07) is 0. The van der Waals surface area contributed by atoms with Gasteiger partial charge < -0.3 is 19.7 Å². The topological polar surface area (TPSA) is 63.9 Å². The van der Waals surface area contributed by atoms with Crippen molar-refractivity contribution >= 4 is 29.9 Å². The fraction of sp³-hybridized carbons (Fsp3) is 0.778. The van der Waals surface area contributed by atoms with Gasteiger partial charge in [-0.15, -0.1) is 24.0 Å². The van der Waals surface area contributed by atoms with Crippen LogP contribution in [-0.4, -0.2) is 66.6 Å². The molecule has 148 valence electrons. The van der Waals surface area contributed by atoms with E-state index in [9.17, 15) is 0 Å². The summed E-state index contributed by atoms with van der Waals surface area (Å²) in [5.74, 6) is 0.943. The van der Waals surface area contributed by atoms with E-state index < -0.39 is 0 Å². The summed E-state index contributed by atoms with van der Waals surface area (Å²) < 4.78 is 13.6. The zero-order chi connectivity index (χ0) is 17.5. The Labute approximate surface area is 173 Å². The number of guanidine groups is 1. The van der Waals surface area contributed by atoms with Crippen LogP contribution in [0.1, 0.15) is 43.8 Å². The van der Waals surface area contributed by atoms with Gasteiger partial charge >= 0.3 is 0 Å². The van der Waals surface area contributed by atoms with Crippen molar-refractivity contribution < 1.29 is 9.47 Å². The van der Waals surface area contributed by atoms with Crippen molar-refractivity contribution in [3.63, 3.8) is 0 Å². The normalized spacial score (nSPS) is 21.7. The van der Waals surface area contributed by atoms with Gasteiger partial charge in [-0.3, -0.25) is 9.67 Å². The maximum absolute atomic E-state index is 5.92. The second kappa shape index (κ2) is 11.1. The van der Waals surface area contributed by atoms with Gasteiger partial charge in [-0.05, 0) is 19.3 Å². The van der Waals surface area contributed by atoms with Crippen LogP contribution in [0.25, 0.3) is 0 Å². The number of aromatic nitrogens is 2. The number of hydrogen-bond acceptors (Lipinski definition) is 4. The molecule has 0 bridgehead atoms. The van der Waals surface area contributed by atoms with Crippen molar-refractivity contribution in [2.45, 2.75) is 44.3 Å². The number of aliphatic imine (C=N–C) groups is 1. The summed E-state index contributed by atoms with van der Waals surface area (Å²) in [7, 11) is 3.77. The number of nitrogens with one attached hydrogen (secondary N) is 1. The first kappa shape index (κ1) is 21.4. The molecule has 2 heterocycles. The molecule has 0 spiro atoms. The number of ether oxygens (including phenoxy) is 2. The highest BCUT2D eigenvalue weighted by molar-refractivity contribution is 14.0. The molecule has 0 radical (unpaired) electrons. The molecule has 8 heteroatoms. The van der Waals surface area contributed by atoms with E-state index in [0.717, 1.165) is 44.2 Å². The van der Waals surface area contributed by atoms with Crippen molar-refractivity contribution in [1.82, 2.24) is 20.0 Å². The predicted molar refractivity (Wildman–Crippen MR) is 113 cm³/mol. The van der Waals surface area contributed by atoms with Gasteiger partial charge in [0, 0.05) is 45.6 Å². The molecule has 1 unspecified atom stereocenters. The molecule has 1 aromatic heterocycles. The summed E-state index contributed by atoms with van der Waals surface area (Å²) in [5.41, 5.74) is 1.12. The minimum absolute atomic E-state index is 0. The lowest BCUT2D eigenvalue weighted by Gasteiger charge is -2.34.